The van der Waals surface area contributed by atoms with Gasteiger partial charge in [-0.15, -0.1) is 0 Å². The fourth-order valence-corrected chi connectivity index (χ4v) is 1.76. The third-order valence-electron chi connectivity index (χ3n) is 1.74. The van der Waals surface area contributed by atoms with Crippen LogP contribution in [0.5, 0.6) is 5.75 Å². The van der Waals surface area contributed by atoms with E-state index in [0.717, 1.165) is 28.0 Å². The summed E-state index contributed by atoms with van der Waals surface area (Å²) in [6.45, 7) is 1.88. The van der Waals surface area contributed by atoms with Crippen molar-refractivity contribution in [2.75, 3.05) is 7.11 Å². The Labute approximate surface area is 115 Å². The van der Waals surface area contributed by atoms with E-state index in [1.165, 1.54) is 0 Å². The second kappa shape index (κ2) is 7.88. The number of aryl methyl sites for hydroxylation is 1. The molecular formula is C10H12O7S2. The fourth-order valence-electron chi connectivity index (χ4n) is 1.07. The van der Waals surface area contributed by atoms with Crippen molar-refractivity contribution in [2.24, 2.45) is 0 Å². The zero-order valence-electron chi connectivity index (χ0n) is 10.0. The predicted molar refractivity (Wildman–Crippen MR) is 68.7 cm³/mol. The van der Waals surface area contributed by atoms with Gasteiger partial charge in [0.25, 0.3) is 0 Å². The number of ether oxygens (including phenoxy) is 1. The standard InChI is InChI=1S/C10H10O6S2.H2O/c1-8-7-9(3-4-10(8)14-2)17-6-5-15-16-18(11,12)13;/h3-4,7H,1-2H3,(H,11,12,13);1H2. The Morgan fingerprint density at radius 2 is 2.05 bits per heavy atom. The largest absolute Gasteiger partial charge is 0.496 e. The molecule has 0 fully saturated rings. The van der Waals surface area contributed by atoms with Crippen molar-refractivity contribution in [3.8, 4) is 17.1 Å². The maximum Gasteiger partial charge on any atom is 0.433 e. The molecule has 0 radical (unpaired) electrons. The van der Waals surface area contributed by atoms with Crippen molar-refractivity contribution in [3.05, 3.63) is 23.8 Å². The van der Waals surface area contributed by atoms with Gasteiger partial charge in [0.15, 0.2) is 6.11 Å². The molecule has 19 heavy (non-hydrogen) atoms. The first-order chi connectivity index (χ1) is 8.42. The number of benzene rings is 1. The summed E-state index contributed by atoms with van der Waals surface area (Å²) in [6, 6.07) is 5.42. The van der Waals surface area contributed by atoms with Gasteiger partial charge in [-0.3, -0.25) is 9.44 Å². The minimum Gasteiger partial charge on any atom is -0.496 e. The summed E-state index contributed by atoms with van der Waals surface area (Å²) in [5.41, 5.74) is 0.944. The van der Waals surface area contributed by atoms with E-state index < -0.39 is 10.4 Å². The van der Waals surface area contributed by atoms with Gasteiger partial charge in [-0.25, -0.2) is 0 Å². The van der Waals surface area contributed by atoms with Crippen LogP contribution in [0.1, 0.15) is 5.56 Å². The highest BCUT2D eigenvalue weighted by Gasteiger charge is 2.03. The van der Waals surface area contributed by atoms with Crippen LogP contribution in [0.4, 0.5) is 0 Å². The normalized spacial score (nSPS) is 9.84. The Bertz CT molecular complexity index is 571. The smallest absolute Gasteiger partial charge is 0.433 e. The molecule has 0 unspecified atom stereocenters. The molecule has 0 aliphatic rings. The van der Waals surface area contributed by atoms with Crippen LogP contribution in [0, 0.1) is 18.3 Å². The van der Waals surface area contributed by atoms with Gasteiger partial charge in [0.05, 0.1) is 7.11 Å². The van der Waals surface area contributed by atoms with Crippen LogP contribution in [0.15, 0.2) is 23.1 Å². The number of hydrogen-bond donors (Lipinski definition) is 1. The molecule has 0 aliphatic carbocycles. The molecule has 0 aliphatic heterocycles. The lowest BCUT2D eigenvalue weighted by Gasteiger charge is -2.04. The molecule has 3 N–H and O–H groups in total. The van der Waals surface area contributed by atoms with Crippen molar-refractivity contribution < 1.29 is 32.4 Å². The van der Waals surface area contributed by atoms with Crippen molar-refractivity contribution in [1.29, 1.82) is 0 Å². The molecule has 0 aromatic heterocycles. The van der Waals surface area contributed by atoms with Crippen LogP contribution in [0.3, 0.4) is 0 Å². The van der Waals surface area contributed by atoms with Gasteiger partial charge in [-0.1, -0.05) is 0 Å². The molecule has 0 saturated carbocycles. The summed E-state index contributed by atoms with van der Waals surface area (Å²) in [5, 5.41) is 2.44. The minimum absolute atomic E-state index is 0. The highest BCUT2D eigenvalue weighted by molar-refractivity contribution is 8.03. The van der Waals surface area contributed by atoms with Gasteiger partial charge < -0.3 is 10.2 Å². The third-order valence-corrected chi connectivity index (χ3v) is 2.65. The Kier molecular flexibility index (Phi) is 7.28. The highest BCUT2D eigenvalue weighted by atomic mass is 32.3. The topological polar surface area (TPSA) is 114 Å². The van der Waals surface area contributed by atoms with Crippen LogP contribution in [0.2, 0.25) is 0 Å². The summed E-state index contributed by atoms with van der Waals surface area (Å²) in [7, 11) is -3.06. The molecule has 0 spiro atoms. The molecule has 0 saturated heterocycles. The first-order valence-corrected chi connectivity index (χ1v) is 6.74. The van der Waals surface area contributed by atoms with E-state index in [9.17, 15) is 8.42 Å². The highest BCUT2D eigenvalue weighted by Crippen LogP contribution is 2.24. The van der Waals surface area contributed by atoms with Gasteiger partial charge in [0.2, 0.25) is 0 Å². The van der Waals surface area contributed by atoms with Crippen LogP contribution in [-0.2, 0) is 19.6 Å². The average Bonchev–Trinajstić information content (AvgIpc) is 2.27. The molecule has 9 heteroatoms. The number of hydrogen-bond acceptors (Lipinski definition) is 6. The molecule has 7 nitrogen and oxygen atoms in total. The zero-order chi connectivity index (χ0) is 13.6. The van der Waals surface area contributed by atoms with Gasteiger partial charge >= 0.3 is 10.4 Å². The lowest BCUT2D eigenvalue weighted by Crippen LogP contribution is -2.01. The van der Waals surface area contributed by atoms with Gasteiger partial charge in [0, 0.05) is 10.1 Å². The van der Waals surface area contributed by atoms with E-state index in [1.807, 2.05) is 19.1 Å². The lowest BCUT2D eigenvalue weighted by molar-refractivity contribution is -0.135. The van der Waals surface area contributed by atoms with E-state index in [2.05, 4.69) is 14.5 Å². The van der Waals surface area contributed by atoms with Crippen LogP contribution in [-0.4, -0.2) is 25.6 Å². The van der Waals surface area contributed by atoms with Crippen molar-refractivity contribution in [3.63, 3.8) is 0 Å². The SMILES string of the molecule is COc1ccc(SC#COOS(=O)(=O)O)cc1C.O. The summed E-state index contributed by atoms with van der Waals surface area (Å²) in [5.74, 6) is 0.762. The fraction of sp³-hybridized carbons (Fsp3) is 0.200. The maximum atomic E-state index is 10.1. The van der Waals surface area contributed by atoms with E-state index in [1.54, 1.807) is 19.2 Å². The Hall–Kier alpha value is -1.44. The molecule has 106 valence electrons. The predicted octanol–water partition coefficient (Wildman–Crippen LogP) is 0.940. The molecule has 1 rings (SSSR count). The van der Waals surface area contributed by atoms with E-state index in [-0.39, 0.29) is 5.48 Å². The lowest BCUT2D eigenvalue weighted by atomic mass is 10.2. The Balaban J connectivity index is 0.00000324. The first-order valence-electron chi connectivity index (χ1n) is 4.56. The van der Waals surface area contributed by atoms with E-state index in [0.29, 0.717) is 0 Å². The summed E-state index contributed by atoms with van der Waals surface area (Å²) < 4.78 is 37.0. The second-order valence-electron chi connectivity index (χ2n) is 3.02. The first kappa shape index (κ1) is 17.6. The Morgan fingerprint density at radius 1 is 1.37 bits per heavy atom. The summed E-state index contributed by atoms with van der Waals surface area (Å²) >= 11 is 1.11. The molecule has 0 bridgehead atoms. The number of thioether (sulfide) groups is 1. The molecule has 0 atom stereocenters. The quantitative estimate of drug-likeness (QED) is 0.289. The van der Waals surface area contributed by atoms with E-state index in [4.69, 9.17) is 9.29 Å². The van der Waals surface area contributed by atoms with Gasteiger partial charge in [0.1, 0.15) is 5.75 Å². The van der Waals surface area contributed by atoms with Crippen LogP contribution in [0.25, 0.3) is 0 Å². The molecule has 1 aromatic carbocycles. The molecule has 0 amide bonds. The van der Waals surface area contributed by atoms with Gasteiger partial charge in [-0.05, 0) is 46.8 Å². The molecular weight excluding hydrogens is 296 g/mol. The number of methoxy groups -OCH3 is 1. The van der Waals surface area contributed by atoms with Crippen molar-refractivity contribution in [2.45, 2.75) is 11.8 Å². The van der Waals surface area contributed by atoms with Gasteiger partial charge in [-0.2, -0.15) is 8.42 Å². The van der Waals surface area contributed by atoms with Crippen molar-refractivity contribution >= 4 is 22.2 Å². The summed E-state index contributed by atoms with van der Waals surface area (Å²) in [6.07, 6.45) is 1.96. The monoisotopic (exact) mass is 308 g/mol. The van der Waals surface area contributed by atoms with Crippen LogP contribution < -0.4 is 4.74 Å². The molecule has 1 aromatic rings. The second-order valence-corrected chi connectivity index (χ2v) is 4.89. The maximum absolute atomic E-state index is 10.1. The Morgan fingerprint density at radius 3 is 2.58 bits per heavy atom. The van der Waals surface area contributed by atoms with Crippen molar-refractivity contribution in [1.82, 2.24) is 0 Å². The number of rotatable bonds is 4. The summed E-state index contributed by atoms with van der Waals surface area (Å²) in [4.78, 5) is 4.78. The minimum atomic E-state index is -4.64. The third kappa shape index (κ3) is 6.90. The molecule has 0 heterocycles. The van der Waals surface area contributed by atoms with E-state index >= 15 is 0 Å². The van der Waals surface area contributed by atoms with Crippen LogP contribution >= 0.6 is 11.8 Å². The zero-order valence-corrected chi connectivity index (χ0v) is 11.7. The average molecular weight is 308 g/mol.